The molecule has 3 amide bonds. The van der Waals surface area contributed by atoms with E-state index >= 15 is 0 Å². The maximum absolute atomic E-state index is 13.6. The number of amides is 3. The highest BCUT2D eigenvalue weighted by Crippen LogP contribution is 2.52. The van der Waals surface area contributed by atoms with E-state index < -0.39 is 41.9 Å². The van der Waals surface area contributed by atoms with Gasteiger partial charge >= 0.3 is 0 Å². The first-order valence-electron chi connectivity index (χ1n) is 10.5. The van der Waals surface area contributed by atoms with Gasteiger partial charge in [-0.1, -0.05) is 58.6 Å². The molecule has 174 valence electrons. The second kappa shape index (κ2) is 8.68. The number of ketones is 1. The number of rotatable bonds is 5. The SMILES string of the molecule is O=C(CN(C(=O)c1ccc(Cl)cc1Cl)N1C(=O)[C@@H]2[C@H](C1=O)[C@H]1C=C[C@H]2C1)c1ccc(Cl)cc1Cl. The van der Waals surface area contributed by atoms with E-state index in [4.69, 9.17) is 46.4 Å². The standard InChI is InChI=1S/C24H16Cl4N2O4/c25-13-3-5-15(17(27)8-13)19(31)10-29(22(32)16-6-4-14(26)9-18(16)28)30-23(33)20-11-1-2-12(7-11)21(20)24(30)34/h1-6,8-9,11-12,20-21H,7,10H2/t11-,12-,20-,21+/m0/s1. The smallest absolute Gasteiger partial charge is 0.274 e. The molecule has 2 fully saturated rings. The number of hydrogen-bond acceptors (Lipinski definition) is 4. The third-order valence-electron chi connectivity index (χ3n) is 6.61. The molecule has 1 heterocycles. The summed E-state index contributed by atoms with van der Waals surface area (Å²) in [5, 5.41) is 2.44. The summed E-state index contributed by atoms with van der Waals surface area (Å²) in [5.74, 6) is -3.56. The first kappa shape index (κ1) is 23.4. The molecule has 4 atom stereocenters. The molecule has 0 N–H and O–H groups in total. The number of hydrogen-bond donors (Lipinski definition) is 0. The molecule has 1 saturated heterocycles. The second-order valence-electron chi connectivity index (χ2n) is 8.52. The van der Waals surface area contributed by atoms with E-state index in [0.717, 1.165) is 16.4 Å². The molecule has 0 radical (unpaired) electrons. The zero-order valence-electron chi connectivity index (χ0n) is 17.4. The summed E-state index contributed by atoms with van der Waals surface area (Å²) in [6.07, 6.45) is 4.62. The maximum Gasteiger partial charge on any atom is 0.274 e. The van der Waals surface area contributed by atoms with E-state index in [1.54, 1.807) is 0 Å². The van der Waals surface area contributed by atoms with Gasteiger partial charge in [-0.3, -0.25) is 19.2 Å². The molecule has 2 bridgehead atoms. The molecular formula is C24H16Cl4N2O4. The average molecular weight is 538 g/mol. The van der Waals surface area contributed by atoms with E-state index in [9.17, 15) is 19.2 Å². The van der Waals surface area contributed by atoms with Crippen molar-refractivity contribution in [3.05, 3.63) is 79.8 Å². The van der Waals surface area contributed by atoms with Crippen LogP contribution in [-0.2, 0) is 9.59 Å². The summed E-state index contributed by atoms with van der Waals surface area (Å²) >= 11 is 24.3. The minimum Gasteiger partial charge on any atom is -0.292 e. The average Bonchev–Trinajstić information content (AvgIpc) is 3.45. The highest BCUT2D eigenvalue weighted by Gasteiger charge is 2.61. The van der Waals surface area contributed by atoms with Gasteiger partial charge in [-0.05, 0) is 54.7 Å². The molecule has 2 aromatic rings. The first-order chi connectivity index (χ1) is 16.2. The molecule has 2 aliphatic carbocycles. The van der Waals surface area contributed by atoms with E-state index in [2.05, 4.69) is 0 Å². The number of imide groups is 1. The lowest BCUT2D eigenvalue weighted by Gasteiger charge is -2.31. The second-order valence-corrected chi connectivity index (χ2v) is 10.2. The normalized spacial score (nSPS) is 24.6. The van der Waals surface area contributed by atoms with Crippen molar-refractivity contribution in [3.63, 3.8) is 0 Å². The highest BCUT2D eigenvalue weighted by molar-refractivity contribution is 6.37. The van der Waals surface area contributed by atoms with E-state index in [-0.39, 0.29) is 33.0 Å². The Morgan fingerprint density at radius 1 is 0.824 bits per heavy atom. The quantitative estimate of drug-likeness (QED) is 0.293. The van der Waals surface area contributed by atoms with E-state index in [0.29, 0.717) is 10.0 Å². The van der Waals surface area contributed by atoms with E-state index in [1.165, 1.54) is 36.4 Å². The number of hydrazine groups is 1. The highest BCUT2D eigenvalue weighted by atomic mass is 35.5. The van der Waals surface area contributed by atoms with Crippen LogP contribution < -0.4 is 0 Å². The van der Waals surface area contributed by atoms with Gasteiger partial charge in [0, 0.05) is 15.6 Å². The minimum atomic E-state index is -0.776. The molecule has 0 spiro atoms. The van der Waals surface area contributed by atoms with Gasteiger partial charge in [-0.25, -0.2) is 5.01 Å². The van der Waals surface area contributed by atoms with Gasteiger partial charge in [0.1, 0.15) is 6.54 Å². The molecule has 1 saturated carbocycles. The molecule has 5 rings (SSSR count). The molecule has 0 aromatic heterocycles. The zero-order chi connectivity index (χ0) is 24.3. The number of carbonyl (C=O) groups is 4. The van der Waals surface area contributed by atoms with Crippen LogP contribution in [0.1, 0.15) is 27.1 Å². The van der Waals surface area contributed by atoms with Crippen molar-refractivity contribution < 1.29 is 19.2 Å². The van der Waals surface area contributed by atoms with Crippen molar-refractivity contribution in [2.75, 3.05) is 6.54 Å². The lowest BCUT2D eigenvalue weighted by Crippen LogP contribution is -2.52. The fourth-order valence-corrected chi connectivity index (χ4v) is 6.10. The van der Waals surface area contributed by atoms with Crippen LogP contribution >= 0.6 is 46.4 Å². The van der Waals surface area contributed by atoms with Crippen LogP contribution in [0, 0.1) is 23.7 Å². The van der Waals surface area contributed by atoms with Gasteiger partial charge in [-0.15, -0.1) is 0 Å². The minimum absolute atomic E-state index is 0.000161. The Labute approximate surface area is 215 Å². The van der Waals surface area contributed by atoms with Crippen LogP contribution in [0.3, 0.4) is 0 Å². The fourth-order valence-electron chi connectivity index (χ4n) is 5.10. The van der Waals surface area contributed by atoms with E-state index in [1.807, 2.05) is 12.2 Å². The summed E-state index contributed by atoms with van der Waals surface area (Å²) in [5.41, 5.74) is 0.104. The van der Waals surface area contributed by atoms with Crippen molar-refractivity contribution in [2.45, 2.75) is 6.42 Å². The van der Waals surface area contributed by atoms with Crippen molar-refractivity contribution in [1.29, 1.82) is 0 Å². The Morgan fingerprint density at radius 2 is 1.32 bits per heavy atom. The molecule has 3 aliphatic rings. The maximum atomic E-state index is 13.6. The van der Waals surface area contributed by atoms with Gasteiger partial charge in [0.05, 0.1) is 27.4 Å². The van der Waals surface area contributed by atoms with Gasteiger partial charge in [-0.2, -0.15) is 5.01 Å². The lowest BCUT2D eigenvalue weighted by atomic mass is 9.85. The van der Waals surface area contributed by atoms with Crippen LogP contribution in [0.5, 0.6) is 0 Å². The number of fused-ring (bicyclic) bond motifs is 5. The Balaban J connectivity index is 1.53. The first-order valence-corrected chi connectivity index (χ1v) is 12.0. The Bertz CT molecular complexity index is 1260. The third-order valence-corrected chi connectivity index (χ3v) is 7.70. The molecule has 2 aromatic carbocycles. The van der Waals surface area contributed by atoms with Gasteiger partial charge in [0.15, 0.2) is 5.78 Å². The summed E-state index contributed by atoms with van der Waals surface area (Å²) in [6.45, 7) is -0.598. The number of carbonyl (C=O) groups excluding carboxylic acids is 4. The van der Waals surface area contributed by atoms with Crippen LogP contribution in [0.15, 0.2) is 48.6 Å². The third kappa shape index (κ3) is 3.73. The molecule has 1 aliphatic heterocycles. The number of allylic oxidation sites excluding steroid dienone is 2. The summed E-state index contributed by atoms with van der Waals surface area (Å²) < 4.78 is 0. The zero-order valence-corrected chi connectivity index (χ0v) is 20.4. The number of benzene rings is 2. The predicted molar refractivity (Wildman–Crippen MR) is 128 cm³/mol. The summed E-state index contributed by atoms with van der Waals surface area (Å²) in [6, 6.07) is 8.54. The fraction of sp³-hybridized carbons (Fsp3) is 0.250. The van der Waals surface area contributed by atoms with Gasteiger partial charge < -0.3 is 0 Å². The van der Waals surface area contributed by atoms with Crippen LogP contribution in [0.2, 0.25) is 20.1 Å². The largest absolute Gasteiger partial charge is 0.292 e. The molecule has 10 heteroatoms. The number of halogens is 4. The van der Waals surface area contributed by atoms with Gasteiger partial charge in [0.2, 0.25) is 0 Å². The summed E-state index contributed by atoms with van der Waals surface area (Å²) in [4.78, 5) is 53.6. The van der Waals surface area contributed by atoms with Crippen molar-refractivity contribution in [1.82, 2.24) is 10.0 Å². The van der Waals surface area contributed by atoms with Crippen LogP contribution in [-0.4, -0.2) is 40.1 Å². The Morgan fingerprint density at radius 3 is 1.82 bits per heavy atom. The Kier molecular flexibility index (Phi) is 5.97. The van der Waals surface area contributed by atoms with Crippen LogP contribution in [0.4, 0.5) is 0 Å². The van der Waals surface area contributed by atoms with Crippen LogP contribution in [0.25, 0.3) is 0 Å². The molecular weight excluding hydrogens is 522 g/mol. The molecule has 0 unspecified atom stereocenters. The molecule has 34 heavy (non-hydrogen) atoms. The van der Waals surface area contributed by atoms with Crippen molar-refractivity contribution in [2.24, 2.45) is 23.7 Å². The Hall–Kier alpha value is -2.38. The van der Waals surface area contributed by atoms with Gasteiger partial charge in [0.25, 0.3) is 17.7 Å². The molecule has 6 nitrogen and oxygen atoms in total. The predicted octanol–water partition coefficient (Wildman–Crippen LogP) is 5.35. The lowest BCUT2D eigenvalue weighted by molar-refractivity contribution is -0.154. The number of nitrogens with zero attached hydrogens (tertiary/aromatic N) is 2. The topological polar surface area (TPSA) is 74.8 Å². The monoisotopic (exact) mass is 536 g/mol. The van der Waals surface area contributed by atoms with Crippen molar-refractivity contribution >= 4 is 69.9 Å². The number of Topliss-reactive ketones (excluding diaryl/α,β-unsaturated/α-hetero) is 1. The summed E-state index contributed by atoms with van der Waals surface area (Å²) in [7, 11) is 0. The van der Waals surface area contributed by atoms with Crippen molar-refractivity contribution in [3.8, 4) is 0 Å².